The van der Waals surface area contributed by atoms with Gasteiger partial charge in [0.2, 0.25) is 0 Å². The van der Waals surface area contributed by atoms with Crippen molar-refractivity contribution in [3.05, 3.63) is 88.6 Å². The second-order valence-corrected chi connectivity index (χ2v) is 8.58. The van der Waals surface area contributed by atoms with Crippen molar-refractivity contribution >= 4 is 17.3 Å². The summed E-state index contributed by atoms with van der Waals surface area (Å²) in [5.74, 6) is 1.70. The molecule has 6 nitrogen and oxygen atoms in total. The van der Waals surface area contributed by atoms with E-state index in [1.54, 1.807) is 6.92 Å². The van der Waals surface area contributed by atoms with Crippen LogP contribution in [0.5, 0.6) is 0 Å². The second-order valence-electron chi connectivity index (χ2n) is 8.58. The third-order valence-electron chi connectivity index (χ3n) is 6.11. The SMILES string of the molecule is C=C1OCCN/C1=C(\C)C(=CC)N1CCc2cnc(Nc3ccc(CC(C)=O)cc3)cc2C1. The van der Waals surface area contributed by atoms with E-state index < -0.39 is 0 Å². The van der Waals surface area contributed by atoms with Gasteiger partial charge in [0.1, 0.15) is 24.0 Å². The van der Waals surface area contributed by atoms with Gasteiger partial charge in [-0.2, -0.15) is 0 Å². The van der Waals surface area contributed by atoms with Gasteiger partial charge < -0.3 is 20.3 Å². The van der Waals surface area contributed by atoms with Crippen LogP contribution in [0.2, 0.25) is 0 Å². The monoisotopic (exact) mass is 444 g/mol. The van der Waals surface area contributed by atoms with Crippen molar-refractivity contribution in [2.75, 3.05) is 25.0 Å². The fourth-order valence-corrected chi connectivity index (χ4v) is 4.48. The van der Waals surface area contributed by atoms with Crippen molar-refractivity contribution in [3.8, 4) is 0 Å². The highest BCUT2D eigenvalue weighted by Gasteiger charge is 2.23. The number of benzene rings is 1. The predicted octanol–water partition coefficient (Wildman–Crippen LogP) is 4.63. The van der Waals surface area contributed by atoms with Gasteiger partial charge in [0, 0.05) is 43.6 Å². The molecule has 33 heavy (non-hydrogen) atoms. The van der Waals surface area contributed by atoms with Gasteiger partial charge in [-0.3, -0.25) is 4.79 Å². The maximum Gasteiger partial charge on any atom is 0.135 e. The molecule has 2 aliphatic heterocycles. The average Bonchev–Trinajstić information content (AvgIpc) is 2.80. The second kappa shape index (κ2) is 9.94. The normalized spacial score (nSPS) is 17.6. The number of rotatable bonds is 6. The highest BCUT2D eigenvalue weighted by atomic mass is 16.5. The molecule has 0 amide bonds. The third-order valence-corrected chi connectivity index (χ3v) is 6.11. The van der Waals surface area contributed by atoms with Crippen LogP contribution in [0.1, 0.15) is 37.5 Å². The van der Waals surface area contributed by atoms with Crippen LogP contribution in [0.3, 0.4) is 0 Å². The van der Waals surface area contributed by atoms with Gasteiger partial charge >= 0.3 is 0 Å². The zero-order valence-electron chi connectivity index (χ0n) is 19.7. The molecule has 1 aromatic carbocycles. The van der Waals surface area contributed by atoms with Crippen molar-refractivity contribution < 1.29 is 9.53 Å². The molecule has 0 unspecified atom stereocenters. The van der Waals surface area contributed by atoms with E-state index in [4.69, 9.17) is 4.74 Å². The Morgan fingerprint density at radius 2 is 2.06 bits per heavy atom. The van der Waals surface area contributed by atoms with E-state index in [1.165, 1.54) is 16.8 Å². The number of aromatic nitrogens is 1. The Hall–Kier alpha value is -3.54. The molecule has 0 spiro atoms. The highest BCUT2D eigenvalue weighted by Crippen LogP contribution is 2.29. The Balaban J connectivity index is 1.50. The number of ether oxygens (including phenoxy) is 1. The lowest BCUT2D eigenvalue weighted by molar-refractivity contribution is -0.116. The van der Waals surface area contributed by atoms with Crippen LogP contribution >= 0.6 is 0 Å². The number of anilines is 2. The summed E-state index contributed by atoms with van der Waals surface area (Å²) in [7, 11) is 0. The molecule has 0 radical (unpaired) electrons. The summed E-state index contributed by atoms with van der Waals surface area (Å²) in [5.41, 5.74) is 7.88. The molecule has 2 aromatic rings. The molecule has 2 N–H and O–H groups in total. The molecule has 4 rings (SSSR count). The van der Waals surface area contributed by atoms with E-state index in [0.717, 1.165) is 54.4 Å². The van der Waals surface area contributed by atoms with Crippen LogP contribution in [0.15, 0.2) is 71.9 Å². The Kier molecular flexibility index (Phi) is 6.82. The van der Waals surface area contributed by atoms with Crippen LogP contribution < -0.4 is 10.6 Å². The zero-order chi connectivity index (χ0) is 23.4. The van der Waals surface area contributed by atoms with Crippen LogP contribution in [-0.4, -0.2) is 35.4 Å². The number of carbonyl (C=O) groups excluding carboxylic acids is 1. The van der Waals surface area contributed by atoms with E-state index in [1.807, 2.05) is 30.5 Å². The molecule has 0 aliphatic carbocycles. The number of allylic oxidation sites excluding steroid dienone is 2. The zero-order valence-corrected chi connectivity index (χ0v) is 19.7. The van der Waals surface area contributed by atoms with E-state index in [-0.39, 0.29) is 5.78 Å². The van der Waals surface area contributed by atoms with Crippen molar-refractivity contribution in [2.24, 2.45) is 0 Å². The molecular weight excluding hydrogens is 412 g/mol. The van der Waals surface area contributed by atoms with Gasteiger partial charge in [-0.15, -0.1) is 0 Å². The Bertz CT molecular complexity index is 1120. The van der Waals surface area contributed by atoms with Gasteiger partial charge in [-0.25, -0.2) is 4.98 Å². The lowest BCUT2D eigenvalue weighted by atomic mass is 9.99. The number of nitrogens with zero attached hydrogens (tertiary/aromatic N) is 2. The van der Waals surface area contributed by atoms with E-state index in [9.17, 15) is 4.79 Å². The number of nitrogens with one attached hydrogen (secondary N) is 2. The molecule has 0 atom stereocenters. The van der Waals surface area contributed by atoms with E-state index in [2.05, 4.69) is 53.1 Å². The molecule has 1 aromatic heterocycles. The van der Waals surface area contributed by atoms with Crippen LogP contribution in [-0.2, 0) is 28.9 Å². The quantitative estimate of drug-likeness (QED) is 0.677. The van der Waals surface area contributed by atoms with E-state index >= 15 is 0 Å². The molecule has 0 bridgehead atoms. The first kappa shape index (κ1) is 22.6. The number of hydrogen-bond donors (Lipinski definition) is 2. The highest BCUT2D eigenvalue weighted by molar-refractivity contribution is 5.78. The molecular formula is C27H32N4O2. The third kappa shape index (κ3) is 5.28. The summed E-state index contributed by atoms with van der Waals surface area (Å²) in [6.07, 6.45) is 5.57. The standard InChI is InChI=1S/C27H32N4O2/c1-5-25(19(3)27-20(4)33-13-11-28-27)31-12-10-22-16-29-26(15-23(22)17-31)30-24-8-6-21(7-9-24)14-18(2)32/h5-9,15-16,28H,4,10-14,17H2,1-3H3,(H,29,30)/b25-5?,27-19+. The Labute approximate surface area is 196 Å². The summed E-state index contributed by atoms with van der Waals surface area (Å²) in [6, 6.07) is 10.1. The van der Waals surface area contributed by atoms with Gasteiger partial charge in [-0.1, -0.05) is 24.8 Å². The number of fused-ring (bicyclic) bond motifs is 1. The number of Topliss-reactive ketones (excluding diaryl/α,β-unsaturated/α-hetero) is 1. The maximum absolute atomic E-state index is 11.3. The van der Waals surface area contributed by atoms with Crippen molar-refractivity contribution in [2.45, 2.75) is 40.2 Å². The maximum atomic E-state index is 11.3. The molecule has 3 heterocycles. The van der Waals surface area contributed by atoms with Crippen molar-refractivity contribution in [3.63, 3.8) is 0 Å². The number of ketones is 1. The summed E-state index contributed by atoms with van der Waals surface area (Å²) >= 11 is 0. The summed E-state index contributed by atoms with van der Waals surface area (Å²) < 4.78 is 5.65. The van der Waals surface area contributed by atoms with Crippen molar-refractivity contribution in [1.29, 1.82) is 0 Å². The van der Waals surface area contributed by atoms with Gasteiger partial charge in [0.25, 0.3) is 0 Å². The minimum absolute atomic E-state index is 0.166. The van der Waals surface area contributed by atoms with Crippen molar-refractivity contribution in [1.82, 2.24) is 15.2 Å². The summed E-state index contributed by atoms with van der Waals surface area (Å²) in [6.45, 7) is 13.1. The molecule has 0 saturated carbocycles. The van der Waals surface area contributed by atoms with E-state index in [0.29, 0.717) is 18.8 Å². The fourth-order valence-electron chi connectivity index (χ4n) is 4.48. The Morgan fingerprint density at radius 3 is 2.76 bits per heavy atom. The molecule has 172 valence electrons. The fraction of sp³-hybridized carbons (Fsp3) is 0.333. The number of hydrogen-bond acceptors (Lipinski definition) is 6. The van der Waals surface area contributed by atoms with Crippen LogP contribution in [0.4, 0.5) is 11.5 Å². The van der Waals surface area contributed by atoms with Crippen LogP contribution in [0.25, 0.3) is 0 Å². The molecule has 1 fully saturated rings. The molecule has 6 heteroatoms. The molecule has 1 saturated heterocycles. The minimum Gasteiger partial charge on any atom is -0.490 e. The first-order chi connectivity index (χ1) is 15.9. The number of carbonyl (C=O) groups is 1. The van der Waals surface area contributed by atoms with Gasteiger partial charge in [0.15, 0.2) is 0 Å². The Morgan fingerprint density at radius 1 is 1.27 bits per heavy atom. The lowest BCUT2D eigenvalue weighted by Crippen LogP contribution is -2.33. The first-order valence-corrected chi connectivity index (χ1v) is 11.5. The van der Waals surface area contributed by atoms with Crippen LogP contribution in [0, 0.1) is 0 Å². The number of pyridine rings is 1. The van der Waals surface area contributed by atoms with Gasteiger partial charge in [0.05, 0.1) is 5.70 Å². The molecule has 2 aliphatic rings. The summed E-state index contributed by atoms with van der Waals surface area (Å²) in [5, 5.41) is 6.84. The smallest absolute Gasteiger partial charge is 0.135 e. The lowest BCUT2D eigenvalue weighted by Gasteiger charge is -2.34. The topological polar surface area (TPSA) is 66.5 Å². The number of morpholine rings is 1. The predicted molar refractivity (Wildman–Crippen MR) is 132 cm³/mol. The average molecular weight is 445 g/mol. The largest absolute Gasteiger partial charge is 0.490 e. The first-order valence-electron chi connectivity index (χ1n) is 11.5. The minimum atomic E-state index is 0.166. The summed E-state index contributed by atoms with van der Waals surface area (Å²) in [4.78, 5) is 18.4. The van der Waals surface area contributed by atoms with Gasteiger partial charge in [-0.05, 0) is 67.7 Å².